The van der Waals surface area contributed by atoms with Crippen molar-refractivity contribution < 1.29 is 18.0 Å². The lowest BCUT2D eigenvalue weighted by atomic mass is 10.1. The maximum absolute atomic E-state index is 12.9. The zero-order valence-corrected chi connectivity index (χ0v) is 15.2. The number of H-pyrrole nitrogens is 1. The van der Waals surface area contributed by atoms with E-state index in [9.17, 15) is 22.8 Å². The van der Waals surface area contributed by atoms with E-state index in [1.54, 1.807) is 20.8 Å². The molecular formula is C18H16F3N5O2. The molecule has 0 saturated heterocycles. The van der Waals surface area contributed by atoms with Crippen molar-refractivity contribution in [3.63, 3.8) is 0 Å². The van der Waals surface area contributed by atoms with Gasteiger partial charge in [-0.15, -0.1) is 0 Å². The number of aromatic amines is 1. The standard InChI is InChI=1S/C18H16F3N5O2/c1-9-7-14(26(25-9)17-22-11(3)10(2)15(27)24-17)23-16(28)12-5-4-6-13(8-12)18(19,20)21/h4-8H,1-3H3,(H,23,28)(H,22,24,27). The van der Waals surface area contributed by atoms with E-state index in [-0.39, 0.29) is 22.9 Å². The Kier molecular flexibility index (Phi) is 4.80. The molecule has 0 saturated carbocycles. The molecule has 0 aliphatic heterocycles. The van der Waals surface area contributed by atoms with Crippen molar-refractivity contribution in [1.29, 1.82) is 0 Å². The molecule has 1 amide bonds. The van der Waals surface area contributed by atoms with Crippen LogP contribution in [0.2, 0.25) is 0 Å². The van der Waals surface area contributed by atoms with E-state index >= 15 is 0 Å². The summed E-state index contributed by atoms with van der Waals surface area (Å²) in [5, 5.41) is 6.70. The van der Waals surface area contributed by atoms with Crippen LogP contribution in [0.1, 0.15) is 32.9 Å². The van der Waals surface area contributed by atoms with Crippen molar-refractivity contribution in [2.45, 2.75) is 26.9 Å². The molecule has 0 fully saturated rings. The van der Waals surface area contributed by atoms with Gasteiger partial charge in [0, 0.05) is 22.9 Å². The summed E-state index contributed by atoms with van der Waals surface area (Å²) in [5.41, 5.74) is 0.00188. The molecule has 3 rings (SSSR count). The van der Waals surface area contributed by atoms with Crippen LogP contribution in [0.15, 0.2) is 35.1 Å². The summed E-state index contributed by atoms with van der Waals surface area (Å²) < 4.78 is 39.8. The minimum Gasteiger partial charge on any atom is -0.306 e. The molecule has 1 aromatic carbocycles. The van der Waals surface area contributed by atoms with Crippen LogP contribution in [0, 0.1) is 20.8 Å². The Morgan fingerprint density at radius 3 is 2.54 bits per heavy atom. The Hall–Kier alpha value is -3.43. The van der Waals surface area contributed by atoms with Crippen LogP contribution in [-0.4, -0.2) is 25.7 Å². The third kappa shape index (κ3) is 3.80. The fourth-order valence-electron chi connectivity index (χ4n) is 2.51. The molecule has 10 heteroatoms. The van der Waals surface area contributed by atoms with Crippen LogP contribution in [-0.2, 0) is 6.18 Å². The summed E-state index contributed by atoms with van der Waals surface area (Å²) in [7, 11) is 0. The fraction of sp³-hybridized carbons (Fsp3) is 0.222. The van der Waals surface area contributed by atoms with Gasteiger partial charge in [-0.1, -0.05) is 6.07 Å². The van der Waals surface area contributed by atoms with Crippen molar-refractivity contribution in [1.82, 2.24) is 19.7 Å². The molecule has 2 aromatic heterocycles. The number of carbonyl (C=O) groups is 1. The lowest BCUT2D eigenvalue weighted by Gasteiger charge is -2.11. The molecular weight excluding hydrogens is 375 g/mol. The van der Waals surface area contributed by atoms with E-state index in [0.29, 0.717) is 17.0 Å². The predicted molar refractivity (Wildman–Crippen MR) is 95.6 cm³/mol. The molecule has 0 spiro atoms. The first-order valence-corrected chi connectivity index (χ1v) is 8.19. The van der Waals surface area contributed by atoms with E-state index in [1.807, 2.05) is 0 Å². The smallest absolute Gasteiger partial charge is 0.306 e. The van der Waals surface area contributed by atoms with Crippen LogP contribution < -0.4 is 10.9 Å². The van der Waals surface area contributed by atoms with E-state index in [1.165, 1.54) is 16.8 Å². The first-order chi connectivity index (χ1) is 13.1. The first-order valence-electron chi connectivity index (χ1n) is 8.19. The minimum atomic E-state index is -4.56. The maximum atomic E-state index is 12.9. The van der Waals surface area contributed by atoms with Gasteiger partial charge in [0.25, 0.3) is 11.5 Å². The summed E-state index contributed by atoms with van der Waals surface area (Å²) in [6.07, 6.45) is -4.56. The number of amides is 1. The number of halogens is 3. The number of aryl methyl sites for hydroxylation is 2. The lowest BCUT2D eigenvalue weighted by molar-refractivity contribution is -0.137. The molecule has 2 heterocycles. The van der Waals surface area contributed by atoms with Gasteiger partial charge < -0.3 is 5.32 Å². The van der Waals surface area contributed by atoms with Crippen LogP contribution in [0.3, 0.4) is 0 Å². The number of nitrogens with one attached hydrogen (secondary N) is 2. The Bertz CT molecular complexity index is 1120. The zero-order chi connectivity index (χ0) is 20.6. The van der Waals surface area contributed by atoms with Crippen molar-refractivity contribution in [3.8, 4) is 5.95 Å². The molecule has 0 aliphatic rings. The van der Waals surface area contributed by atoms with Gasteiger partial charge in [0.05, 0.1) is 11.3 Å². The van der Waals surface area contributed by atoms with Gasteiger partial charge in [0.1, 0.15) is 5.82 Å². The second-order valence-electron chi connectivity index (χ2n) is 6.22. The third-order valence-corrected chi connectivity index (χ3v) is 4.11. The average molecular weight is 391 g/mol. The summed E-state index contributed by atoms with van der Waals surface area (Å²) in [6, 6.07) is 5.59. The summed E-state index contributed by atoms with van der Waals surface area (Å²) in [5.74, 6) is -0.509. The quantitative estimate of drug-likeness (QED) is 0.717. The molecule has 7 nitrogen and oxygen atoms in total. The minimum absolute atomic E-state index is 0.0838. The summed E-state index contributed by atoms with van der Waals surface area (Å²) >= 11 is 0. The van der Waals surface area contributed by atoms with Gasteiger partial charge >= 0.3 is 6.18 Å². The highest BCUT2D eigenvalue weighted by Crippen LogP contribution is 2.29. The molecule has 0 unspecified atom stereocenters. The van der Waals surface area contributed by atoms with Gasteiger partial charge in [-0.3, -0.25) is 14.6 Å². The Morgan fingerprint density at radius 2 is 1.89 bits per heavy atom. The van der Waals surface area contributed by atoms with E-state index in [2.05, 4.69) is 20.4 Å². The number of alkyl halides is 3. The van der Waals surface area contributed by atoms with Crippen molar-refractivity contribution in [2.24, 2.45) is 0 Å². The SMILES string of the molecule is Cc1cc(NC(=O)c2cccc(C(F)(F)F)c2)n(-c2nc(C)c(C)c(=O)[nH]2)n1. The normalized spacial score (nSPS) is 11.5. The monoisotopic (exact) mass is 391 g/mol. The maximum Gasteiger partial charge on any atom is 0.416 e. The molecule has 0 atom stereocenters. The van der Waals surface area contributed by atoms with Gasteiger partial charge in [-0.05, 0) is 39.0 Å². The Balaban J connectivity index is 1.97. The van der Waals surface area contributed by atoms with E-state index in [4.69, 9.17) is 0 Å². The van der Waals surface area contributed by atoms with Crippen LogP contribution in [0.4, 0.5) is 19.0 Å². The van der Waals surface area contributed by atoms with Crippen LogP contribution in [0.5, 0.6) is 0 Å². The highest BCUT2D eigenvalue weighted by atomic mass is 19.4. The molecule has 146 valence electrons. The number of carbonyl (C=O) groups excluding carboxylic acids is 1. The highest BCUT2D eigenvalue weighted by Gasteiger charge is 2.31. The van der Waals surface area contributed by atoms with Crippen LogP contribution >= 0.6 is 0 Å². The van der Waals surface area contributed by atoms with Gasteiger partial charge in [-0.25, -0.2) is 4.98 Å². The Morgan fingerprint density at radius 1 is 1.18 bits per heavy atom. The van der Waals surface area contributed by atoms with Gasteiger partial charge in [0.2, 0.25) is 5.95 Å². The van der Waals surface area contributed by atoms with Gasteiger partial charge in [-0.2, -0.15) is 23.0 Å². The van der Waals surface area contributed by atoms with Crippen molar-refractivity contribution in [3.05, 3.63) is 68.8 Å². The third-order valence-electron chi connectivity index (χ3n) is 4.11. The lowest BCUT2D eigenvalue weighted by Crippen LogP contribution is -2.21. The number of anilines is 1. The molecule has 3 aromatic rings. The molecule has 2 N–H and O–H groups in total. The van der Waals surface area contributed by atoms with Crippen LogP contribution in [0.25, 0.3) is 5.95 Å². The van der Waals surface area contributed by atoms with Gasteiger partial charge in [0.15, 0.2) is 0 Å². The topological polar surface area (TPSA) is 92.7 Å². The molecule has 28 heavy (non-hydrogen) atoms. The summed E-state index contributed by atoms with van der Waals surface area (Å²) in [6.45, 7) is 4.94. The molecule has 0 aliphatic carbocycles. The average Bonchev–Trinajstić information content (AvgIpc) is 2.99. The second-order valence-corrected chi connectivity index (χ2v) is 6.22. The number of aromatic nitrogens is 4. The Labute approximate surface area is 157 Å². The molecule has 0 radical (unpaired) electrons. The second kappa shape index (κ2) is 6.95. The van der Waals surface area contributed by atoms with Crippen molar-refractivity contribution in [2.75, 3.05) is 5.32 Å². The predicted octanol–water partition coefficient (Wildman–Crippen LogP) is 3.15. The number of hydrogen-bond acceptors (Lipinski definition) is 4. The number of rotatable bonds is 3. The summed E-state index contributed by atoms with van der Waals surface area (Å²) in [4.78, 5) is 31.3. The fourth-order valence-corrected chi connectivity index (χ4v) is 2.51. The van der Waals surface area contributed by atoms with E-state index in [0.717, 1.165) is 18.2 Å². The largest absolute Gasteiger partial charge is 0.416 e. The first kappa shape index (κ1) is 19.3. The number of benzene rings is 1. The number of nitrogens with zero attached hydrogens (tertiary/aromatic N) is 3. The molecule has 0 bridgehead atoms. The van der Waals surface area contributed by atoms with Crippen molar-refractivity contribution >= 4 is 11.7 Å². The van der Waals surface area contributed by atoms with E-state index < -0.39 is 17.6 Å². The number of hydrogen-bond donors (Lipinski definition) is 2. The highest BCUT2D eigenvalue weighted by molar-refractivity contribution is 6.04. The zero-order valence-electron chi connectivity index (χ0n) is 15.2.